The highest BCUT2D eigenvalue weighted by Gasteiger charge is 2.42. The first-order chi connectivity index (χ1) is 19.5. The van der Waals surface area contributed by atoms with Crippen LogP contribution in [0.15, 0.2) is 30.7 Å². The van der Waals surface area contributed by atoms with Crippen molar-refractivity contribution in [1.29, 1.82) is 0 Å². The number of aromatic nitrogens is 3. The molecule has 5 aromatic rings. The minimum Gasteiger partial charge on any atom is -0.271 e. The van der Waals surface area contributed by atoms with Crippen LogP contribution in [0.4, 0.5) is 0 Å². The summed E-state index contributed by atoms with van der Waals surface area (Å²) in [5, 5.41) is 3.83. The number of benzene rings is 2. The van der Waals surface area contributed by atoms with Crippen molar-refractivity contribution in [3.8, 4) is 0 Å². The van der Waals surface area contributed by atoms with E-state index in [0.29, 0.717) is 54.7 Å². The smallest absolute Gasteiger partial charge is 0.271 e. The molecule has 5 heterocycles. The average Bonchev–Trinajstić information content (AvgIpc) is 3.69. The van der Waals surface area contributed by atoms with Crippen LogP contribution in [-0.4, -0.2) is 60.5 Å². The summed E-state index contributed by atoms with van der Waals surface area (Å²) in [5.41, 5.74) is 2.72. The minimum absolute atomic E-state index is 0.0861. The van der Waals surface area contributed by atoms with Crippen LogP contribution in [0.2, 0.25) is 0 Å². The van der Waals surface area contributed by atoms with Crippen LogP contribution in [0, 0.1) is 0 Å². The zero-order valence-electron chi connectivity index (χ0n) is 21.6. The van der Waals surface area contributed by atoms with Gasteiger partial charge in [0.25, 0.3) is 23.6 Å². The molecule has 2 aromatic carbocycles. The number of hydrogen-bond donors (Lipinski definition) is 0. The van der Waals surface area contributed by atoms with E-state index in [1.54, 1.807) is 24.7 Å². The van der Waals surface area contributed by atoms with Gasteiger partial charge in [0.05, 0.1) is 22.2 Å². The number of imide groups is 2. The summed E-state index contributed by atoms with van der Waals surface area (Å²) < 4.78 is 0. The first-order valence-corrected chi connectivity index (χ1v) is 14.1. The Morgan fingerprint density at radius 3 is 1.70 bits per heavy atom. The molecule has 2 saturated carbocycles. The molecule has 9 nitrogen and oxygen atoms in total. The quantitative estimate of drug-likeness (QED) is 0.180. The number of nitrogens with zero attached hydrogens (tertiary/aromatic N) is 5. The molecule has 2 aliphatic heterocycles. The molecule has 9 rings (SSSR count). The Morgan fingerprint density at radius 1 is 0.525 bits per heavy atom. The first kappa shape index (κ1) is 22.3. The molecule has 40 heavy (non-hydrogen) atoms. The largest absolute Gasteiger partial charge is 0.280 e. The van der Waals surface area contributed by atoms with Crippen molar-refractivity contribution >= 4 is 67.0 Å². The van der Waals surface area contributed by atoms with Gasteiger partial charge in [-0.2, -0.15) is 0 Å². The van der Waals surface area contributed by atoms with E-state index in [1.165, 1.54) is 9.80 Å². The zero-order chi connectivity index (χ0) is 26.9. The van der Waals surface area contributed by atoms with Crippen molar-refractivity contribution < 1.29 is 19.2 Å². The molecule has 0 bridgehead atoms. The Labute approximate surface area is 227 Å². The maximum atomic E-state index is 13.7. The number of carbonyl (C=O) groups is 4. The van der Waals surface area contributed by atoms with Gasteiger partial charge in [-0.1, -0.05) is 31.7 Å². The molecular weight excluding hydrogens is 506 g/mol. The fraction of sp³-hybridized carbons (Fsp3) is 0.323. The molecule has 3 aromatic heterocycles. The SMILES string of the molecule is O=C1c2ccc3c4ncc5c6c(ncc(c7ncc(c2c37)C(=O)N1C1CCCC1)c64)C(=O)N(C1CCCC1)C5=O. The maximum absolute atomic E-state index is 13.7. The van der Waals surface area contributed by atoms with Crippen molar-refractivity contribution in [2.24, 2.45) is 0 Å². The van der Waals surface area contributed by atoms with Gasteiger partial charge in [0.2, 0.25) is 0 Å². The molecule has 2 fully saturated rings. The topological polar surface area (TPSA) is 113 Å². The number of rotatable bonds is 2. The minimum atomic E-state index is -0.361. The van der Waals surface area contributed by atoms with Crippen molar-refractivity contribution in [2.75, 3.05) is 0 Å². The molecule has 4 amide bonds. The Bertz CT molecular complexity index is 1760. The molecule has 0 N–H and O–H groups in total. The Hall–Kier alpha value is -4.53. The average molecular weight is 530 g/mol. The molecule has 9 heteroatoms. The van der Waals surface area contributed by atoms with E-state index in [-0.39, 0.29) is 41.4 Å². The number of fused-ring (bicyclic) bond motifs is 2. The molecule has 0 saturated heterocycles. The van der Waals surface area contributed by atoms with Crippen LogP contribution < -0.4 is 0 Å². The lowest BCUT2D eigenvalue weighted by Gasteiger charge is -2.32. The Balaban J connectivity index is 1.33. The van der Waals surface area contributed by atoms with E-state index in [0.717, 1.165) is 56.8 Å². The van der Waals surface area contributed by atoms with E-state index in [9.17, 15) is 19.2 Å². The third kappa shape index (κ3) is 2.56. The molecule has 196 valence electrons. The van der Waals surface area contributed by atoms with Crippen LogP contribution in [-0.2, 0) is 0 Å². The standard InChI is InChI=1S/C31H23N5O4/c37-28-17-10-9-16-22-21(17)19(29(38)35(28)14-5-1-2-6-14)12-33-26(22)18-11-34-27-24-20(13-32-25(16)23(18)24)30(39)36(31(27)40)15-7-3-4-8-15/h9-15H,1-8H2. The lowest BCUT2D eigenvalue weighted by Crippen LogP contribution is -2.46. The van der Waals surface area contributed by atoms with Crippen LogP contribution in [0.3, 0.4) is 0 Å². The van der Waals surface area contributed by atoms with Crippen LogP contribution in [0.25, 0.3) is 43.4 Å². The van der Waals surface area contributed by atoms with Gasteiger partial charge >= 0.3 is 0 Å². The number of hydrogen-bond acceptors (Lipinski definition) is 7. The fourth-order valence-electron chi connectivity index (χ4n) is 7.79. The van der Waals surface area contributed by atoms with Gasteiger partial charge in [0, 0.05) is 68.6 Å². The highest BCUT2D eigenvalue weighted by Crippen LogP contribution is 2.45. The lowest BCUT2D eigenvalue weighted by molar-refractivity contribution is 0.0524. The number of carbonyl (C=O) groups excluding carboxylic acids is 4. The number of amides is 4. The molecule has 0 spiro atoms. The molecule has 0 radical (unpaired) electrons. The van der Waals surface area contributed by atoms with Crippen molar-refractivity contribution in [3.05, 3.63) is 53.1 Å². The molecular formula is C31H23N5O4. The van der Waals surface area contributed by atoms with Crippen molar-refractivity contribution in [1.82, 2.24) is 24.8 Å². The summed E-state index contributed by atoms with van der Waals surface area (Å²) >= 11 is 0. The summed E-state index contributed by atoms with van der Waals surface area (Å²) in [4.78, 5) is 71.6. The summed E-state index contributed by atoms with van der Waals surface area (Å²) in [5.74, 6) is -1.25. The van der Waals surface area contributed by atoms with E-state index in [2.05, 4.69) is 4.98 Å². The van der Waals surface area contributed by atoms with E-state index < -0.39 is 0 Å². The maximum Gasteiger partial charge on any atom is 0.280 e. The second kappa shape index (κ2) is 7.56. The fourth-order valence-corrected chi connectivity index (χ4v) is 7.79. The third-order valence-electron chi connectivity index (χ3n) is 9.60. The van der Waals surface area contributed by atoms with Gasteiger partial charge in [-0.25, -0.2) is 4.98 Å². The second-order valence-electron chi connectivity index (χ2n) is 11.6. The normalized spacial score (nSPS) is 20.1. The van der Waals surface area contributed by atoms with E-state index >= 15 is 0 Å². The third-order valence-corrected chi connectivity index (χ3v) is 9.60. The summed E-state index contributed by atoms with van der Waals surface area (Å²) in [6.45, 7) is 0. The second-order valence-corrected chi connectivity index (χ2v) is 11.6. The monoisotopic (exact) mass is 529 g/mol. The molecule has 2 aliphatic carbocycles. The van der Waals surface area contributed by atoms with Gasteiger partial charge in [-0.05, 0) is 31.7 Å². The van der Waals surface area contributed by atoms with Gasteiger partial charge in [0.1, 0.15) is 5.69 Å². The van der Waals surface area contributed by atoms with Gasteiger partial charge in [0.15, 0.2) is 0 Å². The van der Waals surface area contributed by atoms with Crippen LogP contribution in [0.1, 0.15) is 92.9 Å². The highest BCUT2D eigenvalue weighted by molar-refractivity contribution is 6.39. The Kier molecular flexibility index (Phi) is 4.22. The zero-order valence-corrected chi connectivity index (χ0v) is 21.6. The van der Waals surface area contributed by atoms with Crippen LogP contribution >= 0.6 is 0 Å². The van der Waals surface area contributed by atoms with Crippen molar-refractivity contribution in [2.45, 2.75) is 63.5 Å². The number of pyridine rings is 3. The first-order valence-electron chi connectivity index (χ1n) is 14.1. The predicted octanol–water partition coefficient (Wildman–Crippen LogP) is 5.00. The Morgan fingerprint density at radius 2 is 1.05 bits per heavy atom. The summed E-state index contributed by atoms with van der Waals surface area (Å²) in [6, 6.07) is 3.43. The van der Waals surface area contributed by atoms with Crippen molar-refractivity contribution in [3.63, 3.8) is 0 Å². The summed E-state index contributed by atoms with van der Waals surface area (Å²) in [7, 11) is 0. The van der Waals surface area contributed by atoms with Gasteiger partial charge in [-0.3, -0.25) is 38.9 Å². The van der Waals surface area contributed by atoms with E-state index in [4.69, 9.17) is 9.97 Å². The van der Waals surface area contributed by atoms with Gasteiger partial charge in [-0.15, -0.1) is 0 Å². The van der Waals surface area contributed by atoms with Gasteiger partial charge < -0.3 is 0 Å². The molecule has 0 atom stereocenters. The predicted molar refractivity (Wildman–Crippen MR) is 147 cm³/mol. The summed E-state index contributed by atoms with van der Waals surface area (Å²) in [6.07, 6.45) is 12.0. The van der Waals surface area contributed by atoms with E-state index in [1.807, 2.05) is 6.07 Å². The molecule has 0 unspecified atom stereocenters. The van der Waals surface area contributed by atoms with Crippen LogP contribution in [0.5, 0.6) is 0 Å². The lowest BCUT2D eigenvalue weighted by atomic mass is 9.87. The molecule has 4 aliphatic rings. The highest BCUT2D eigenvalue weighted by atomic mass is 16.2.